The molecular formula is C19H37IN4O. The van der Waals surface area contributed by atoms with E-state index in [-0.39, 0.29) is 24.0 Å². The number of guanidine groups is 1. The molecule has 2 saturated carbocycles. The molecule has 0 aromatic carbocycles. The number of hydrogen-bond acceptors (Lipinski definition) is 3. The smallest absolute Gasteiger partial charge is 0.191 e. The largest absolute Gasteiger partial charge is 0.379 e. The molecule has 0 bridgehead atoms. The minimum atomic E-state index is 0. The summed E-state index contributed by atoms with van der Waals surface area (Å²) in [5, 5.41) is 7.12. The maximum atomic E-state index is 5.44. The molecular weight excluding hydrogens is 427 g/mol. The molecule has 2 N–H and O–H groups in total. The highest BCUT2D eigenvalue weighted by atomic mass is 127. The van der Waals surface area contributed by atoms with E-state index in [4.69, 9.17) is 9.73 Å². The van der Waals surface area contributed by atoms with Crippen molar-refractivity contribution in [2.45, 2.75) is 64.5 Å². The summed E-state index contributed by atoms with van der Waals surface area (Å²) in [7, 11) is 0. The molecule has 146 valence electrons. The molecule has 1 saturated heterocycles. The van der Waals surface area contributed by atoms with Gasteiger partial charge in [-0.2, -0.15) is 0 Å². The molecule has 3 unspecified atom stereocenters. The van der Waals surface area contributed by atoms with Crippen molar-refractivity contribution >= 4 is 29.9 Å². The Hall–Kier alpha value is -0.0800. The Morgan fingerprint density at radius 3 is 2.60 bits per heavy atom. The number of nitrogens with zero attached hydrogens (tertiary/aromatic N) is 2. The van der Waals surface area contributed by atoms with E-state index < -0.39 is 0 Å². The van der Waals surface area contributed by atoms with Crippen molar-refractivity contribution in [1.29, 1.82) is 0 Å². The fourth-order valence-electron chi connectivity index (χ4n) is 4.32. The van der Waals surface area contributed by atoms with E-state index in [1.807, 2.05) is 0 Å². The average Bonchev–Trinajstić information content (AvgIpc) is 3.40. The van der Waals surface area contributed by atoms with Crippen LogP contribution in [-0.4, -0.2) is 62.3 Å². The molecule has 6 heteroatoms. The zero-order valence-corrected chi connectivity index (χ0v) is 18.3. The Morgan fingerprint density at radius 1 is 1.20 bits per heavy atom. The van der Waals surface area contributed by atoms with Crippen LogP contribution in [0.15, 0.2) is 4.99 Å². The van der Waals surface area contributed by atoms with Crippen molar-refractivity contribution in [3.05, 3.63) is 0 Å². The van der Waals surface area contributed by atoms with Crippen molar-refractivity contribution in [2.75, 3.05) is 39.4 Å². The van der Waals surface area contributed by atoms with Gasteiger partial charge in [0.1, 0.15) is 0 Å². The third kappa shape index (κ3) is 6.54. The van der Waals surface area contributed by atoms with Crippen LogP contribution < -0.4 is 10.6 Å². The number of hydrogen-bond donors (Lipinski definition) is 2. The van der Waals surface area contributed by atoms with Gasteiger partial charge in [-0.05, 0) is 32.1 Å². The molecule has 2 aliphatic carbocycles. The van der Waals surface area contributed by atoms with Gasteiger partial charge in [-0.15, -0.1) is 24.0 Å². The van der Waals surface area contributed by atoms with Gasteiger partial charge >= 0.3 is 0 Å². The van der Waals surface area contributed by atoms with E-state index >= 15 is 0 Å². The highest BCUT2D eigenvalue weighted by molar-refractivity contribution is 14.0. The number of aliphatic imine (C=N–C) groups is 1. The van der Waals surface area contributed by atoms with Crippen LogP contribution >= 0.6 is 24.0 Å². The Balaban J connectivity index is 0.00000225. The molecule has 3 fully saturated rings. The van der Waals surface area contributed by atoms with E-state index in [0.717, 1.165) is 57.2 Å². The normalized spacial score (nSPS) is 29.6. The summed E-state index contributed by atoms with van der Waals surface area (Å²) in [6.45, 7) is 10.00. The lowest BCUT2D eigenvalue weighted by Crippen LogP contribution is -2.45. The van der Waals surface area contributed by atoms with Crippen LogP contribution in [-0.2, 0) is 4.74 Å². The van der Waals surface area contributed by atoms with Crippen LogP contribution in [0, 0.1) is 11.8 Å². The van der Waals surface area contributed by atoms with Gasteiger partial charge in [0.25, 0.3) is 0 Å². The van der Waals surface area contributed by atoms with Gasteiger partial charge in [-0.1, -0.05) is 32.1 Å². The molecule has 1 heterocycles. The molecule has 0 aromatic heterocycles. The summed E-state index contributed by atoms with van der Waals surface area (Å²) in [4.78, 5) is 7.34. The molecule has 0 radical (unpaired) electrons. The lowest BCUT2D eigenvalue weighted by Gasteiger charge is -2.31. The summed E-state index contributed by atoms with van der Waals surface area (Å²) in [6.07, 6.45) is 8.58. The first-order valence-electron chi connectivity index (χ1n) is 10.1. The Labute approximate surface area is 170 Å². The summed E-state index contributed by atoms with van der Waals surface area (Å²) >= 11 is 0. The third-order valence-corrected chi connectivity index (χ3v) is 5.94. The summed E-state index contributed by atoms with van der Waals surface area (Å²) in [5.41, 5.74) is 0. The van der Waals surface area contributed by atoms with Gasteiger partial charge < -0.3 is 15.4 Å². The molecule has 3 rings (SSSR count). The van der Waals surface area contributed by atoms with Crippen LogP contribution in [0.2, 0.25) is 0 Å². The second-order valence-corrected chi connectivity index (χ2v) is 7.77. The fraction of sp³-hybridized carbons (Fsp3) is 0.947. The Bertz CT molecular complexity index is 408. The fourth-order valence-corrected chi connectivity index (χ4v) is 4.32. The summed E-state index contributed by atoms with van der Waals surface area (Å²) in [5.74, 6) is 2.87. The molecule has 25 heavy (non-hydrogen) atoms. The second kappa shape index (κ2) is 10.9. The monoisotopic (exact) mass is 464 g/mol. The summed E-state index contributed by atoms with van der Waals surface area (Å²) in [6, 6.07) is 1.14. The molecule has 3 aliphatic rings. The van der Waals surface area contributed by atoms with Gasteiger partial charge in [0.2, 0.25) is 0 Å². The number of morpholine rings is 1. The van der Waals surface area contributed by atoms with Gasteiger partial charge in [-0.3, -0.25) is 9.89 Å². The lowest BCUT2D eigenvalue weighted by atomic mass is 9.85. The molecule has 0 amide bonds. The number of nitrogens with one attached hydrogen (secondary N) is 2. The maximum absolute atomic E-state index is 5.44. The van der Waals surface area contributed by atoms with Gasteiger partial charge in [0.15, 0.2) is 5.96 Å². The zero-order chi connectivity index (χ0) is 16.8. The van der Waals surface area contributed by atoms with E-state index in [1.54, 1.807) is 0 Å². The highest BCUT2D eigenvalue weighted by Gasteiger charge is 2.43. The molecule has 5 nitrogen and oxygen atoms in total. The quantitative estimate of drug-likeness (QED) is 0.361. The Kier molecular flexibility index (Phi) is 9.27. The standard InChI is InChI=1S/C19H36N4O.HI/c1-3-20-19(21-14-15(2)23-9-11-24-12-10-23)22-18-13-17(18)16-7-5-4-6-8-16;/h15-18H,3-14H2,1-2H3,(H2,20,21,22);1H. The number of rotatable bonds is 6. The van der Waals surface area contributed by atoms with E-state index in [0.29, 0.717) is 12.1 Å². The topological polar surface area (TPSA) is 48.9 Å². The van der Waals surface area contributed by atoms with Gasteiger partial charge in [0.05, 0.1) is 19.8 Å². The first-order chi connectivity index (χ1) is 11.8. The van der Waals surface area contributed by atoms with E-state index in [2.05, 4.69) is 29.4 Å². The molecule has 0 spiro atoms. The van der Waals surface area contributed by atoms with Crippen LogP contribution in [0.1, 0.15) is 52.4 Å². The maximum Gasteiger partial charge on any atom is 0.191 e. The van der Waals surface area contributed by atoms with Gasteiger partial charge in [0, 0.05) is 31.7 Å². The first kappa shape index (κ1) is 21.2. The molecule has 1 aliphatic heterocycles. The van der Waals surface area contributed by atoms with Crippen molar-refractivity contribution < 1.29 is 4.74 Å². The van der Waals surface area contributed by atoms with Crippen molar-refractivity contribution in [1.82, 2.24) is 15.5 Å². The van der Waals surface area contributed by atoms with E-state index in [9.17, 15) is 0 Å². The Morgan fingerprint density at radius 2 is 1.92 bits per heavy atom. The third-order valence-electron chi connectivity index (χ3n) is 5.94. The molecule has 0 aromatic rings. The van der Waals surface area contributed by atoms with E-state index in [1.165, 1.54) is 38.5 Å². The van der Waals surface area contributed by atoms with Crippen LogP contribution in [0.4, 0.5) is 0 Å². The highest BCUT2D eigenvalue weighted by Crippen LogP contribution is 2.44. The number of halogens is 1. The minimum absolute atomic E-state index is 0. The van der Waals surface area contributed by atoms with Crippen LogP contribution in [0.3, 0.4) is 0 Å². The van der Waals surface area contributed by atoms with Crippen molar-refractivity contribution in [2.24, 2.45) is 16.8 Å². The van der Waals surface area contributed by atoms with Gasteiger partial charge in [-0.25, -0.2) is 0 Å². The first-order valence-corrected chi connectivity index (χ1v) is 10.1. The zero-order valence-electron chi connectivity index (χ0n) is 16.0. The summed E-state index contributed by atoms with van der Waals surface area (Å²) < 4.78 is 5.44. The predicted octanol–water partition coefficient (Wildman–Crippen LogP) is 2.85. The SMILES string of the molecule is CCNC(=NCC(C)N1CCOCC1)NC1CC1C1CCCCC1.I. The van der Waals surface area contributed by atoms with Crippen LogP contribution in [0.25, 0.3) is 0 Å². The lowest BCUT2D eigenvalue weighted by molar-refractivity contribution is 0.0220. The second-order valence-electron chi connectivity index (χ2n) is 7.77. The average molecular weight is 464 g/mol. The minimum Gasteiger partial charge on any atom is -0.379 e. The van der Waals surface area contributed by atoms with Crippen LogP contribution in [0.5, 0.6) is 0 Å². The predicted molar refractivity (Wildman–Crippen MR) is 115 cm³/mol. The molecule has 3 atom stereocenters. The number of ether oxygens (including phenoxy) is 1. The van der Waals surface area contributed by atoms with Crippen molar-refractivity contribution in [3.63, 3.8) is 0 Å². The van der Waals surface area contributed by atoms with Crippen molar-refractivity contribution in [3.8, 4) is 0 Å².